The smallest absolute Gasteiger partial charge is 0.333 e. The van der Waals surface area contributed by atoms with E-state index in [4.69, 9.17) is 4.74 Å². The number of likely N-dealkylation sites (N-methyl/N-ethyl adjacent to an activating group) is 1. The lowest BCUT2D eigenvalue weighted by Crippen LogP contribution is -2.22. The Hall–Kier alpha value is -1.35. The molecule has 62 valence electrons. The lowest BCUT2D eigenvalue weighted by Gasteiger charge is -2.02. The summed E-state index contributed by atoms with van der Waals surface area (Å²) in [6.07, 6.45) is 0. The average molecular weight is 163 g/mol. The fraction of sp³-hybridized carbons (Fsp3) is 0.222. The summed E-state index contributed by atoms with van der Waals surface area (Å²) in [7, 11) is 1.74. The van der Waals surface area contributed by atoms with Crippen molar-refractivity contribution in [2.75, 3.05) is 7.05 Å². The Bertz CT molecular complexity index is 322. The number of carbonyl (C=O) groups excluding carboxylic acids is 1. The lowest BCUT2D eigenvalue weighted by molar-refractivity contribution is -0.134. The van der Waals surface area contributed by atoms with Crippen LogP contribution in [0.15, 0.2) is 24.3 Å². The average Bonchev–Trinajstić information content (AvgIpc) is 2.40. The maximum atomic E-state index is 11.2. The van der Waals surface area contributed by atoms with Crippen molar-refractivity contribution >= 4 is 5.97 Å². The predicted octanol–water partition coefficient (Wildman–Crippen LogP) is 0.866. The molecule has 1 N–H and O–H groups in total. The molecule has 1 unspecified atom stereocenters. The quantitative estimate of drug-likeness (QED) is 0.493. The molecule has 3 heteroatoms. The summed E-state index contributed by atoms with van der Waals surface area (Å²) in [6, 6.07) is 7.14. The summed E-state index contributed by atoms with van der Waals surface area (Å²) in [6.45, 7) is 0. The summed E-state index contributed by atoms with van der Waals surface area (Å²) < 4.78 is 5.01. The van der Waals surface area contributed by atoms with Gasteiger partial charge in [-0.2, -0.15) is 0 Å². The number of hydrogen-bond donors (Lipinski definition) is 1. The van der Waals surface area contributed by atoms with E-state index >= 15 is 0 Å². The highest BCUT2D eigenvalue weighted by Gasteiger charge is 2.30. The molecular weight excluding hydrogens is 154 g/mol. The van der Waals surface area contributed by atoms with Gasteiger partial charge in [-0.15, -0.1) is 0 Å². The topological polar surface area (TPSA) is 38.3 Å². The molecule has 0 radical (unpaired) electrons. The number of fused-ring (bicyclic) bond motifs is 1. The second kappa shape index (κ2) is 2.60. The molecule has 0 amide bonds. The van der Waals surface area contributed by atoms with E-state index in [9.17, 15) is 4.79 Å². The summed E-state index contributed by atoms with van der Waals surface area (Å²) >= 11 is 0. The Kier molecular flexibility index (Phi) is 1.59. The zero-order chi connectivity index (χ0) is 8.55. The minimum Gasteiger partial charge on any atom is -0.425 e. The summed E-state index contributed by atoms with van der Waals surface area (Å²) in [5.41, 5.74) is 0.921. The van der Waals surface area contributed by atoms with Gasteiger partial charge in [0, 0.05) is 5.56 Å². The molecule has 12 heavy (non-hydrogen) atoms. The maximum absolute atomic E-state index is 11.2. The fourth-order valence-electron chi connectivity index (χ4n) is 1.38. The third kappa shape index (κ3) is 0.905. The first kappa shape index (κ1) is 7.31. The third-order valence-electron chi connectivity index (χ3n) is 1.96. The fourth-order valence-corrected chi connectivity index (χ4v) is 1.38. The largest absolute Gasteiger partial charge is 0.425 e. The Morgan fingerprint density at radius 1 is 1.42 bits per heavy atom. The van der Waals surface area contributed by atoms with Gasteiger partial charge in [0.15, 0.2) is 0 Å². The molecule has 0 saturated carbocycles. The van der Waals surface area contributed by atoms with Crippen LogP contribution in [0.3, 0.4) is 0 Å². The molecule has 0 saturated heterocycles. The number of ether oxygens (including phenoxy) is 1. The first-order chi connectivity index (χ1) is 5.83. The number of benzene rings is 1. The highest BCUT2D eigenvalue weighted by Crippen LogP contribution is 2.32. The first-order valence-corrected chi connectivity index (χ1v) is 3.81. The summed E-state index contributed by atoms with van der Waals surface area (Å²) in [5, 5.41) is 2.90. The standard InChI is InChI=1S/C9H9NO2/c1-10-8-6-4-2-3-5-7(6)12-9(8)11/h2-5,8,10H,1H3. The molecule has 3 nitrogen and oxygen atoms in total. The van der Waals surface area contributed by atoms with Gasteiger partial charge in [0.2, 0.25) is 0 Å². The van der Waals surface area contributed by atoms with Gasteiger partial charge in [-0.05, 0) is 13.1 Å². The third-order valence-corrected chi connectivity index (χ3v) is 1.96. The number of rotatable bonds is 1. The van der Waals surface area contributed by atoms with Gasteiger partial charge in [0.25, 0.3) is 0 Å². The zero-order valence-corrected chi connectivity index (χ0v) is 6.70. The molecule has 1 atom stereocenters. The van der Waals surface area contributed by atoms with E-state index in [0.717, 1.165) is 5.56 Å². The van der Waals surface area contributed by atoms with Gasteiger partial charge >= 0.3 is 5.97 Å². The van der Waals surface area contributed by atoms with Crippen molar-refractivity contribution in [1.82, 2.24) is 5.32 Å². The number of hydrogen-bond acceptors (Lipinski definition) is 3. The number of carbonyl (C=O) groups is 1. The van der Waals surface area contributed by atoms with E-state index in [-0.39, 0.29) is 12.0 Å². The van der Waals surface area contributed by atoms with Crippen molar-refractivity contribution in [3.63, 3.8) is 0 Å². The number of esters is 1. The van der Waals surface area contributed by atoms with Crippen molar-refractivity contribution in [3.05, 3.63) is 29.8 Å². The SMILES string of the molecule is CNC1C(=O)Oc2ccccc21. The van der Waals surface area contributed by atoms with Gasteiger partial charge in [-0.25, -0.2) is 4.79 Å². The Morgan fingerprint density at radius 2 is 2.17 bits per heavy atom. The van der Waals surface area contributed by atoms with Crippen LogP contribution in [-0.2, 0) is 4.79 Å². The van der Waals surface area contributed by atoms with Crippen molar-refractivity contribution in [3.8, 4) is 5.75 Å². The second-order valence-corrected chi connectivity index (χ2v) is 2.68. The first-order valence-electron chi connectivity index (χ1n) is 3.81. The van der Waals surface area contributed by atoms with Gasteiger partial charge in [0.05, 0.1) is 0 Å². The van der Waals surface area contributed by atoms with Crippen molar-refractivity contribution < 1.29 is 9.53 Å². The number of nitrogens with one attached hydrogen (secondary N) is 1. The van der Waals surface area contributed by atoms with Crippen molar-refractivity contribution in [2.24, 2.45) is 0 Å². The Labute approximate surface area is 70.3 Å². The minimum atomic E-state index is -0.291. The van der Waals surface area contributed by atoms with E-state index in [1.54, 1.807) is 13.1 Å². The van der Waals surface area contributed by atoms with Crippen molar-refractivity contribution in [1.29, 1.82) is 0 Å². The molecule has 1 aromatic rings. The molecular formula is C9H9NO2. The second-order valence-electron chi connectivity index (χ2n) is 2.68. The molecule has 2 rings (SSSR count). The van der Waals surface area contributed by atoms with Gasteiger partial charge in [-0.3, -0.25) is 0 Å². The molecule has 0 spiro atoms. The molecule has 0 aromatic heterocycles. The predicted molar refractivity (Wildman–Crippen MR) is 43.9 cm³/mol. The van der Waals surface area contributed by atoms with Crippen LogP contribution in [-0.4, -0.2) is 13.0 Å². The van der Waals surface area contributed by atoms with Gasteiger partial charge < -0.3 is 10.1 Å². The molecule has 1 aromatic carbocycles. The molecule has 0 bridgehead atoms. The van der Waals surface area contributed by atoms with Crippen LogP contribution >= 0.6 is 0 Å². The molecule has 0 fully saturated rings. The van der Waals surface area contributed by atoms with Gasteiger partial charge in [0.1, 0.15) is 11.8 Å². The summed E-state index contributed by atoms with van der Waals surface area (Å²) in [4.78, 5) is 11.2. The van der Waals surface area contributed by atoms with Crippen LogP contribution in [0.2, 0.25) is 0 Å². The Morgan fingerprint density at radius 3 is 2.92 bits per heavy atom. The van der Waals surface area contributed by atoms with E-state index in [1.165, 1.54) is 0 Å². The normalized spacial score (nSPS) is 20.4. The van der Waals surface area contributed by atoms with Crippen LogP contribution in [0.4, 0.5) is 0 Å². The van der Waals surface area contributed by atoms with Crippen LogP contribution in [0.25, 0.3) is 0 Å². The molecule has 1 aliphatic heterocycles. The zero-order valence-electron chi connectivity index (χ0n) is 6.70. The molecule has 1 heterocycles. The van der Waals surface area contributed by atoms with Gasteiger partial charge in [-0.1, -0.05) is 18.2 Å². The van der Waals surface area contributed by atoms with Crippen LogP contribution in [0, 0.1) is 0 Å². The van der Waals surface area contributed by atoms with Crippen LogP contribution in [0.5, 0.6) is 5.75 Å². The van der Waals surface area contributed by atoms with Crippen LogP contribution in [0.1, 0.15) is 11.6 Å². The van der Waals surface area contributed by atoms with E-state index < -0.39 is 0 Å². The lowest BCUT2D eigenvalue weighted by atomic mass is 10.1. The minimum absolute atomic E-state index is 0.223. The van der Waals surface area contributed by atoms with Crippen molar-refractivity contribution in [2.45, 2.75) is 6.04 Å². The number of para-hydroxylation sites is 1. The van der Waals surface area contributed by atoms with Crippen LogP contribution < -0.4 is 10.1 Å². The van der Waals surface area contributed by atoms with E-state index in [0.29, 0.717) is 5.75 Å². The Balaban J connectivity index is 2.47. The summed E-state index contributed by atoms with van der Waals surface area (Å²) in [5.74, 6) is 0.445. The molecule has 0 aliphatic carbocycles. The highest BCUT2D eigenvalue weighted by atomic mass is 16.5. The monoisotopic (exact) mass is 163 g/mol. The van der Waals surface area contributed by atoms with E-state index in [1.807, 2.05) is 18.2 Å². The van der Waals surface area contributed by atoms with E-state index in [2.05, 4.69) is 5.32 Å². The maximum Gasteiger partial charge on any atom is 0.333 e. The molecule has 1 aliphatic rings. The highest BCUT2D eigenvalue weighted by molar-refractivity contribution is 5.85.